The third-order valence-electron chi connectivity index (χ3n) is 10.8. The fraction of sp³-hybridized carbons (Fsp3) is 0.318. The van der Waals surface area contributed by atoms with Gasteiger partial charge in [0.05, 0.1) is 49.6 Å². The molecule has 8 rings (SSSR count). The topological polar surface area (TPSA) is 144 Å². The number of hydrogen-bond donors (Lipinski definition) is 0. The smallest absolute Gasteiger partial charge is 0.243 e. The Bertz CT molecular complexity index is 2720. The molecule has 4 aromatic carbocycles. The summed E-state index contributed by atoms with van der Waals surface area (Å²) in [5, 5.41) is 7.14. The molecule has 20 heteroatoms. The molecule has 2 aliphatic rings. The Morgan fingerprint density at radius 2 is 0.984 bits per heavy atom. The van der Waals surface area contributed by atoms with Crippen molar-refractivity contribution in [1.29, 1.82) is 0 Å². The van der Waals surface area contributed by atoms with E-state index in [0.29, 0.717) is 84.3 Å². The van der Waals surface area contributed by atoms with E-state index in [1.54, 1.807) is 72.7 Å². The van der Waals surface area contributed by atoms with Crippen LogP contribution in [0.3, 0.4) is 0 Å². The molecule has 0 unspecified atom stereocenters. The van der Waals surface area contributed by atoms with E-state index in [0.717, 1.165) is 55.4 Å². The number of aromatic nitrogens is 2. The summed E-state index contributed by atoms with van der Waals surface area (Å²) < 4.78 is 76.6. The lowest BCUT2D eigenvalue weighted by Crippen LogP contribution is -2.48. The number of nitrogens with zero attached hydrogens (tertiary/aromatic N) is 6. The molecular weight excluding hydrogens is 1030 g/mol. The van der Waals surface area contributed by atoms with Crippen LogP contribution in [0.4, 0.5) is 10.3 Å². The summed E-state index contributed by atoms with van der Waals surface area (Å²) in [6.07, 6.45) is 0. The zero-order chi connectivity index (χ0) is 45.4. The third kappa shape index (κ3) is 10.7. The third-order valence-corrected chi connectivity index (χ3v) is 17.7. The Morgan fingerprint density at radius 1 is 0.531 bits per heavy atom. The molecule has 0 aliphatic carbocycles. The number of alkyl halides is 2. The van der Waals surface area contributed by atoms with Crippen molar-refractivity contribution in [2.24, 2.45) is 0 Å². The van der Waals surface area contributed by atoms with Crippen molar-refractivity contribution in [2.45, 2.75) is 20.5 Å². The van der Waals surface area contributed by atoms with Crippen LogP contribution >= 0.6 is 54.5 Å². The number of sulfonamides is 2. The lowest BCUT2D eigenvalue weighted by molar-refractivity contribution is 0.355. The van der Waals surface area contributed by atoms with Gasteiger partial charge in [0.15, 0.2) is 21.8 Å². The molecule has 2 fully saturated rings. The van der Waals surface area contributed by atoms with E-state index in [-0.39, 0.29) is 0 Å². The zero-order valence-electron chi connectivity index (χ0n) is 35.6. The Labute approximate surface area is 399 Å². The van der Waals surface area contributed by atoms with Crippen LogP contribution in [-0.4, -0.2) is 116 Å². The Morgan fingerprint density at radius 3 is 1.44 bits per heavy atom. The summed E-state index contributed by atoms with van der Waals surface area (Å²) >= 11 is 9.86. The highest BCUT2D eigenvalue weighted by molar-refractivity contribution is 9.08. The monoisotopic (exact) mass is 1070 g/mol. The standard InChI is InChI=1S/2C22H24BrN3O4S2/c1-29-20-8-5-17(13-21(20)30-2)19-15-31-22(24-19)25-9-11-26(12-10-25)32(27,28)18-6-3-16(14-23)4-7-18;1-29-17-5-8-21(30-2)19(13-17)20-15-31-22(24-20)25-9-11-26(12-10-25)32(27,28)18-6-3-16(14-23)4-7-18/h2*3-8,13,15H,9-12,14H2,1-2H3. The predicted octanol–water partition coefficient (Wildman–Crippen LogP) is 8.47. The van der Waals surface area contributed by atoms with E-state index in [1.165, 1.54) is 11.3 Å². The summed E-state index contributed by atoms with van der Waals surface area (Å²) in [5.41, 5.74) is 5.56. The van der Waals surface area contributed by atoms with Gasteiger partial charge in [-0.1, -0.05) is 56.1 Å². The highest BCUT2D eigenvalue weighted by Crippen LogP contribution is 2.37. The first-order valence-corrected chi connectivity index (χ1v) is 27.0. The fourth-order valence-corrected chi connectivity index (χ4v) is 12.5. The average molecular weight is 1080 g/mol. The predicted molar refractivity (Wildman–Crippen MR) is 261 cm³/mol. The molecule has 14 nitrogen and oxygen atoms in total. The summed E-state index contributed by atoms with van der Waals surface area (Å²) in [5.74, 6) is 2.79. The summed E-state index contributed by atoms with van der Waals surface area (Å²) in [4.78, 5) is 14.5. The molecule has 0 radical (unpaired) electrons. The Kier molecular flexibility index (Phi) is 15.9. The van der Waals surface area contributed by atoms with Crippen molar-refractivity contribution >= 4 is 84.8 Å². The number of halogens is 2. The molecule has 0 spiro atoms. The molecule has 2 aliphatic heterocycles. The number of methoxy groups -OCH3 is 4. The first-order valence-electron chi connectivity index (χ1n) is 20.1. The minimum atomic E-state index is -3.50. The van der Waals surface area contributed by atoms with Gasteiger partial charge in [-0.15, -0.1) is 22.7 Å². The first-order chi connectivity index (χ1) is 30.9. The number of anilines is 2. The van der Waals surface area contributed by atoms with E-state index < -0.39 is 20.0 Å². The van der Waals surface area contributed by atoms with E-state index >= 15 is 0 Å². The van der Waals surface area contributed by atoms with E-state index in [4.69, 9.17) is 28.9 Å². The summed E-state index contributed by atoms with van der Waals surface area (Å²) in [6, 6.07) is 25.4. The maximum absolute atomic E-state index is 13.0. The Hall–Kier alpha value is -4.28. The summed E-state index contributed by atoms with van der Waals surface area (Å²) in [6.45, 7) is 4.04. The van der Waals surface area contributed by atoms with Gasteiger partial charge in [-0.3, -0.25) is 0 Å². The van der Waals surface area contributed by atoms with Gasteiger partial charge in [-0.25, -0.2) is 26.8 Å². The molecule has 0 bridgehead atoms. The van der Waals surface area contributed by atoms with Gasteiger partial charge in [-0.05, 0) is 71.8 Å². The molecule has 0 atom stereocenters. The van der Waals surface area contributed by atoms with Crippen molar-refractivity contribution in [1.82, 2.24) is 18.6 Å². The maximum Gasteiger partial charge on any atom is 0.243 e. The highest BCUT2D eigenvalue weighted by atomic mass is 79.9. The van der Waals surface area contributed by atoms with Gasteiger partial charge < -0.3 is 28.7 Å². The van der Waals surface area contributed by atoms with Gasteiger partial charge in [0.1, 0.15) is 11.5 Å². The second-order valence-electron chi connectivity index (χ2n) is 14.5. The van der Waals surface area contributed by atoms with Gasteiger partial charge >= 0.3 is 0 Å². The van der Waals surface area contributed by atoms with E-state index in [2.05, 4.69) is 41.7 Å². The van der Waals surface area contributed by atoms with Crippen LogP contribution in [0.5, 0.6) is 23.0 Å². The number of rotatable bonds is 14. The Balaban J connectivity index is 0.000000191. The molecule has 0 saturated carbocycles. The lowest BCUT2D eigenvalue weighted by atomic mass is 10.1. The number of piperazine rings is 2. The van der Waals surface area contributed by atoms with Gasteiger partial charge in [0.2, 0.25) is 20.0 Å². The zero-order valence-corrected chi connectivity index (χ0v) is 42.1. The molecule has 6 aromatic rings. The molecule has 2 saturated heterocycles. The molecule has 2 aromatic heterocycles. The molecule has 4 heterocycles. The van der Waals surface area contributed by atoms with Crippen LogP contribution in [0.1, 0.15) is 11.1 Å². The highest BCUT2D eigenvalue weighted by Gasteiger charge is 2.31. The van der Waals surface area contributed by atoms with Gasteiger partial charge in [0, 0.05) is 84.9 Å². The minimum Gasteiger partial charge on any atom is -0.497 e. The largest absolute Gasteiger partial charge is 0.497 e. The molecule has 0 N–H and O–H groups in total. The minimum absolute atomic E-state index is 0.331. The second kappa shape index (κ2) is 21.4. The number of ether oxygens (including phenoxy) is 4. The van der Waals surface area contributed by atoms with Crippen molar-refractivity contribution in [2.75, 3.05) is 90.6 Å². The van der Waals surface area contributed by atoms with Crippen LogP contribution < -0.4 is 28.7 Å². The number of thiazole rings is 2. The van der Waals surface area contributed by atoms with Crippen molar-refractivity contribution in [3.63, 3.8) is 0 Å². The quantitative estimate of drug-likeness (QED) is 0.0966. The first kappa shape index (κ1) is 47.7. The summed E-state index contributed by atoms with van der Waals surface area (Å²) in [7, 11) is -0.525. The van der Waals surface area contributed by atoms with E-state index in [1.807, 2.05) is 71.4 Å². The van der Waals surface area contributed by atoms with Crippen LogP contribution in [-0.2, 0) is 30.7 Å². The fourth-order valence-electron chi connectivity index (χ4n) is 7.12. The van der Waals surface area contributed by atoms with Crippen LogP contribution in [0, 0.1) is 0 Å². The average Bonchev–Trinajstić information content (AvgIpc) is 4.06. The lowest BCUT2D eigenvalue weighted by Gasteiger charge is -2.33. The van der Waals surface area contributed by atoms with Crippen molar-refractivity contribution in [3.05, 3.63) is 107 Å². The molecule has 340 valence electrons. The van der Waals surface area contributed by atoms with Crippen molar-refractivity contribution < 1.29 is 35.8 Å². The molecular formula is C44H48Br2N6O8S4. The SMILES string of the molecule is COc1ccc(-c2csc(N3CCN(S(=O)(=O)c4ccc(CBr)cc4)CC3)n2)cc1OC.COc1ccc(OC)c(-c2csc(N3CCN(S(=O)(=O)c4ccc(CBr)cc4)CC3)n2)c1. The van der Waals surface area contributed by atoms with Crippen LogP contribution in [0.2, 0.25) is 0 Å². The van der Waals surface area contributed by atoms with Gasteiger partial charge in [-0.2, -0.15) is 8.61 Å². The maximum atomic E-state index is 13.0. The number of benzene rings is 4. The van der Waals surface area contributed by atoms with Gasteiger partial charge in [0.25, 0.3) is 0 Å². The normalized spacial score (nSPS) is 15.0. The van der Waals surface area contributed by atoms with E-state index in [9.17, 15) is 16.8 Å². The van der Waals surface area contributed by atoms with Crippen LogP contribution in [0.15, 0.2) is 105 Å². The number of hydrogen-bond acceptors (Lipinski definition) is 14. The van der Waals surface area contributed by atoms with Crippen molar-refractivity contribution in [3.8, 4) is 45.5 Å². The molecule has 64 heavy (non-hydrogen) atoms. The van der Waals surface area contributed by atoms with Crippen LogP contribution in [0.25, 0.3) is 22.5 Å². The second-order valence-corrected chi connectivity index (χ2v) is 21.2. The molecule has 0 amide bonds.